The number of ether oxygens (including phenoxy) is 1. The van der Waals surface area contributed by atoms with Crippen molar-refractivity contribution in [1.82, 2.24) is 20.1 Å². The molecule has 6 nitrogen and oxygen atoms in total. The molecule has 3 aromatic rings. The van der Waals surface area contributed by atoms with E-state index in [1.54, 1.807) is 12.4 Å². The van der Waals surface area contributed by atoms with Gasteiger partial charge in [-0.25, -0.2) is 0 Å². The number of nitrogens with zero attached hydrogens (tertiary/aromatic N) is 3. The van der Waals surface area contributed by atoms with E-state index in [4.69, 9.17) is 4.74 Å². The number of amides is 1. The van der Waals surface area contributed by atoms with Gasteiger partial charge in [-0.05, 0) is 42.8 Å². The van der Waals surface area contributed by atoms with Gasteiger partial charge >= 0.3 is 0 Å². The van der Waals surface area contributed by atoms with Gasteiger partial charge in [-0.15, -0.1) is 0 Å². The van der Waals surface area contributed by atoms with Gasteiger partial charge in [-0.3, -0.25) is 14.5 Å². The quantitative estimate of drug-likeness (QED) is 0.678. The van der Waals surface area contributed by atoms with E-state index in [0.717, 1.165) is 22.6 Å². The normalized spacial score (nSPS) is 10.5. The highest BCUT2D eigenvalue weighted by Crippen LogP contribution is 2.15. The average molecular weight is 350 g/mol. The molecule has 6 heteroatoms. The summed E-state index contributed by atoms with van der Waals surface area (Å²) < 4.78 is 7.23. The van der Waals surface area contributed by atoms with Crippen LogP contribution in [0.1, 0.15) is 12.5 Å². The molecule has 0 aliphatic heterocycles. The van der Waals surface area contributed by atoms with E-state index in [1.165, 1.54) is 0 Å². The number of carbonyl (C=O) groups is 1. The van der Waals surface area contributed by atoms with Crippen molar-refractivity contribution in [2.45, 2.75) is 19.9 Å². The Bertz CT molecular complexity index is 829. The van der Waals surface area contributed by atoms with Gasteiger partial charge in [0.2, 0.25) is 5.91 Å². The number of benzene rings is 1. The number of hydrogen-bond acceptors (Lipinski definition) is 4. The third-order valence-electron chi connectivity index (χ3n) is 3.88. The van der Waals surface area contributed by atoms with Gasteiger partial charge in [0.05, 0.1) is 25.3 Å². The van der Waals surface area contributed by atoms with E-state index in [2.05, 4.69) is 15.4 Å². The van der Waals surface area contributed by atoms with Crippen molar-refractivity contribution >= 4 is 5.91 Å². The minimum absolute atomic E-state index is 0.00401. The number of pyridine rings is 1. The van der Waals surface area contributed by atoms with Gasteiger partial charge in [-0.1, -0.05) is 12.1 Å². The smallest absolute Gasteiger partial charge is 0.224 e. The van der Waals surface area contributed by atoms with Gasteiger partial charge < -0.3 is 10.1 Å². The molecule has 0 spiro atoms. The van der Waals surface area contributed by atoms with Crippen molar-refractivity contribution in [1.29, 1.82) is 0 Å². The molecule has 0 saturated heterocycles. The third kappa shape index (κ3) is 4.92. The molecule has 0 aliphatic rings. The van der Waals surface area contributed by atoms with Crippen LogP contribution in [0.3, 0.4) is 0 Å². The predicted octanol–water partition coefficient (Wildman–Crippen LogP) is 2.70. The second-order valence-electron chi connectivity index (χ2n) is 5.80. The zero-order chi connectivity index (χ0) is 18.2. The monoisotopic (exact) mass is 350 g/mol. The van der Waals surface area contributed by atoms with Crippen molar-refractivity contribution < 1.29 is 9.53 Å². The zero-order valence-electron chi connectivity index (χ0n) is 14.8. The molecular formula is C20H22N4O2. The SMILES string of the molecule is CCOc1ccc(CC(=O)NCCn2ccc(-c3ccncc3)n2)cc1. The summed E-state index contributed by atoms with van der Waals surface area (Å²) in [7, 11) is 0. The van der Waals surface area contributed by atoms with Gasteiger partial charge in [-0.2, -0.15) is 5.10 Å². The predicted molar refractivity (Wildman–Crippen MR) is 99.8 cm³/mol. The highest BCUT2D eigenvalue weighted by molar-refractivity contribution is 5.78. The summed E-state index contributed by atoms with van der Waals surface area (Å²) in [5, 5.41) is 7.44. The Hall–Kier alpha value is -3.15. The summed E-state index contributed by atoms with van der Waals surface area (Å²) in [4.78, 5) is 16.1. The molecule has 0 unspecified atom stereocenters. The summed E-state index contributed by atoms with van der Waals surface area (Å²) in [6, 6.07) is 13.4. The maximum absolute atomic E-state index is 12.1. The van der Waals surface area contributed by atoms with Crippen molar-refractivity contribution in [2.24, 2.45) is 0 Å². The number of carbonyl (C=O) groups excluding carboxylic acids is 1. The molecule has 0 aliphatic carbocycles. The first-order valence-electron chi connectivity index (χ1n) is 8.67. The molecule has 0 saturated carbocycles. The molecule has 1 N–H and O–H groups in total. The minimum Gasteiger partial charge on any atom is -0.494 e. The summed E-state index contributed by atoms with van der Waals surface area (Å²) in [6.07, 6.45) is 5.76. The van der Waals surface area contributed by atoms with E-state index in [0.29, 0.717) is 26.1 Å². The van der Waals surface area contributed by atoms with Crippen LogP contribution in [-0.2, 0) is 17.8 Å². The molecule has 26 heavy (non-hydrogen) atoms. The fraction of sp³-hybridized carbons (Fsp3) is 0.250. The molecule has 2 aromatic heterocycles. The molecule has 0 atom stereocenters. The molecule has 0 radical (unpaired) electrons. The van der Waals surface area contributed by atoms with E-state index in [1.807, 2.05) is 60.3 Å². The van der Waals surface area contributed by atoms with Crippen LogP contribution in [0.2, 0.25) is 0 Å². The maximum Gasteiger partial charge on any atom is 0.224 e. The van der Waals surface area contributed by atoms with Gasteiger partial charge in [0.1, 0.15) is 5.75 Å². The molecule has 1 amide bonds. The lowest BCUT2D eigenvalue weighted by atomic mass is 10.1. The first kappa shape index (κ1) is 17.7. The molecule has 2 heterocycles. The lowest BCUT2D eigenvalue weighted by molar-refractivity contribution is -0.120. The van der Waals surface area contributed by atoms with Gasteiger partial charge in [0.15, 0.2) is 0 Å². The molecule has 134 valence electrons. The first-order valence-corrected chi connectivity index (χ1v) is 8.67. The summed E-state index contributed by atoms with van der Waals surface area (Å²) >= 11 is 0. The Labute approximate surface area is 152 Å². The maximum atomic E-state index is 12.1. The number of aromatic nitrogens is 3. The lowest BCUT2D eigenvalue weighted by Gasteiger charge is -2.07. The summed E-state index contributed by atoms with van der Waals surface area (Å²) in [5.74, 6) is 0.816. The van der Waals surface area contributed by atoms with Crippen LogP contribution < -0.4 is 10.1 Å². The van der Waals surface area contributed by atoms with Crippen molar-refractivity contribution in [3.8, 4) is 17.0 Å². The van der Waals surface area contributed by atoms with Crippen LogP contribution in [0.4, 0.5) is 0 Å². The van der Waals surface area contributed by atoms with E-state index in [9.17, 15) is 4.79 Å². The molecule has 0 fully saturated rings. The van der Waals surface area contributed by atoms with Crippen LogP contribution in [0, 0.1) is 0 Å². The summed E-state index contributed by atoms with van der Waals surface area (Å²) in [5.41, 5.74) is 2.89. The highest BCUT2D eigenvalue weighted by atomic mass is 16.5. The number of nitrogens with one attached hydrogen (secondary N) is 1. The Balaban J connectivity index is 1.44. The van der Waals surface area contributed by atoms with Crippen LogP contribution in [0.15, 0.2) is 61.1 Å². The Kier molecular flexibility index (Phi) is 5.98. The molecule has 1 aromatic carbocycles. The minimum atomic E-state index is -0.00401. The van der Waals surface area contributed by atoms with Crippen LogP contribution in [0.25, 0.3) is 11.3 Å². The van der Waals surface area contributed by atoms with Gasteiger partial charge in [0.25, 0.3) is 0 Å². The topological polar surface area (TPSA) is 69.0 Å². The number of rotatable bonds is 8. The molecule has 0 bridgehead atoms. The third-order valence-corrected chi connectivity index (χ3v) is 3.88. The molecular weight excluding hydrogens is 328 g/mol. The number of hydrogen-bond donors (Lipinski definition) is 1. The van der Waals surface area contributed by atoms with E-state index >= 15 is 0 Å². The summed E-state index contributed by atoms with van der Waals surface area (Å²) in [6.45, 7) is 3.74. The Morgan fingerprint density at radius 3 is 2.62 bits per heavy atom. The first-order chi connectivity index (χ1) is 12.7. The van der Waals surface area contributed by atoms with E-state index < -0.39 is 0 Å². The van der Waals surface area contributed by atoms with Crippen LogP contribution >= 0.6 is 0 Å². The highest BCUT2D eigenvalue weighted by Gasteiger charge is 2.05. The van der Waals surface area contributed by atoms with Crippen molar-refractivity contribution in [3.63, 3.8) is 0 Å². The van der Waals surface area contributed by atoms with Gasteiger partial charge in [0, 0.05) is 30.7 Å². The Morgan fingerprint density at radius 2 is 1.88 bits per heavy atom. The van der Waals surface area contributed by atoms with Crippen molar-refractivity contribution in [3.05, 3.63) is 66.6 Å². The van der Waals surface area contributed by atoms with Crippen LogP contribution in [-0.4, -0.2) is 33.8 Å². The zero-order valence-corrected chi connectivity index (χ0v) is 14.8. The standard InChI is InChI=1S/C20H22N4O2/c1-2-26-18-5-3-16(4-6-18)15-20(25)22-12-14-24-13-9-19(23-24)17-7-10-21-11-8-17/h3-11,13H,2,12,14-15H2,1H3,(H,22,25). The molecule has 3 rings (SSSR count). The van der Waals surface area contributed by atoms with Crippen LogP contribution in [0.5, 0.6) is 5.75 Å². The second-order valence-corrected chi connectivity index (χ2v) is 5.80. The Morgan fingerprint density at radius 1 is 1.12 bits per heavy atom. The fourth-order valence-electron chi connectivity index (χ4n) is 2.59. The average Bonchev–Trinajstić information content (AvgIpc) is 3.13. The lowest BCUT2D eigenvalue weighted by Crippen LogP contribution is -2.28. The second kappa shape index (κ2) is 8.80. The largest absolute Gasteiger partial charge is 0.494 e. The van der Waals surface area contributed by atoms with Crippen molar-refractivity contribution in [2.75, 3.05) is 13.2 Å². The fourth-order valence-corrected chi connectivity index (χ4v) is 2.59. The van der Waals surface area contributed by atoms with E-state index in [-0.39, 0.29) is 5.91 Å².